The van der Waals surface area contributed by atoms with Crippen LogP contribution in [0.1, 0.15) is 41.7 Å². The average Bonchev–Trinajstić information content (AvgIpc) is 2.36. The second-order valence-corrected chi connectivity index (χ2v) is 5.54. The molecular formula is C14H19ClN2O2. The first-order valence-corrected chi connectivity index (χ1v) is 6.96. The number of likely N-dealkylation sites (N-methyl/N-ethyl adjacent to an activating group) is 1. The summed E-state index contributed by atoms with van der Waals surface area (Å²) in [6.07, 6.45) is 3.26. The molecule has 0 saturated heterocycles. The van der Waals surface area contributed by atoms with E-state index in [4.69, 9.17) is 11.6 Å². The molecule has 4 nitrogen and oxygen atoms in total. The predicted molar refractivity (Wildman–Crippen MR) is 74.3 cm³/mol. The number of nitrogens with zero attached hydrogens (tertiary/aromatic N) is 2. The third-order valence-electron chi connectivity index (χ3n) is 3.68. The summed E-state index contributed by atoms with van der Waals surface area (Å²) in [4.78, 5) is 18.1. The lowest BCUT2D eigenvalue weighted by molar-refractivity contribution is 0.0268. The molecule has 0 aliphatic heterocycles. The standard InChI is InChI=1S/C14H19ClN2O2/c1-9-7-10(8-13(15)16-9)14(19)17(2)11-5-3-4-6-12(11)18/h7-8,11-12,18H,3-6H2,1-2H3. The smallest absolute Gasteiger partial charge is 0.254 e. The van der Waals surface area contributed by atoms with Gasteiger partial charge in [0.2, 0.25) is 0 Å². The van der Waals surface area contributed by atoms with Crippen LogP contribution in [0.15, 0.2) is 12.1 Å². The van der Waals surface area contributed by atoms with Crippen molar-refractivity contribution in [1.82, 2.24) is 9.88 Å². The zero-order valence-corrected chi connectivity index (χ0v) is 12.0. The summed E-state index contributed by atoms with van der Waals surface area (Å²) >= 11 is 5.88. The molecule has 1 amide bonds. The maximum atomic E-state index is 12.4. The molecule has 1 aromatic heterocycles. The summed E-state index contributed by atoms with van der Waals surface area (Å²) in [7, 11) is 1.74. The van der Waals surface area contributed by atoms with E-state index >= 15 is 0 Å². The highest BCUT2D eigenvalue weighted by molar-refractivity contribution is 6.29. The van der Waals surface area contributed by atoms with Gasteiger partial charge in [0.1, 0.15) is 5.15 Å². The number of halogens is 1. The number of rotatable bonds is 2. The Morgan fingerprint density at radius 1 is 1.42 bits per heavy atom. The Morgan fingerprint density at radius 2 is 2.11 bits per heavy atom. The summed E-state index contributed by atoms with van der Waals surface area (Å²) in [5.74, 6) is -0.113. The maximum Gasteiger partial charge on any atom is 0.254 e. The Bertz CT molecular complexity index is 458. The summed E-state index contributed by atoms with van der Waals surface area (Å²) in [6, 6.07) is 3.19. The molecule has 1 aliphatic carbocycles. The maximum absolute atomic E-state index is 12.4. The molecule has 1 heterocycles. The molecule has 1 aromatic rings. The van der Waals surface area contributed by atoms with Gasteiger partial charge in [-0.15, -0.1) is 0 Å². The van der Waals surface area contributed by atoms with Crippen LogP contribution < -0.4 is 0 Å². The monoisotopic (exact) mass is 282 g/mol. The number of carbonyl (C=O) groups excluding carboxylic acids is 1. The van der Waals surface area contributed by atoms with Crippen LogP contribution in [0.4, 0.5) is 0 Å². The normalized spacial score (nSPS) is 23.2. The van der Waals surface area contributed by atoms with Crippen molar-refractivity contribution in [2.24, 2.45) is 0 Å². The van der Waals surface area contributed by atoms with Gasteiger partial charge in [-0.1, -0.05) is 24.4 Å². The first-order valence-electron chi connectivity index (χ1n) is 6.58. The van der Waals surface area contributed by atoms with Gasteiger partial charge in [0.05, 0.1) is 12.1 Å². The van der Waals surface area contributed by atoms with Crippen LogP contribution in [0, 0.1) is 6.92 Å². The van der Waals surface area contributed by atoms with Gasteiger partial charge < -0.3 is 10.0 Å². The zero-order valence-electron chi connectivity index (χ0n) is 11.3. The summed E-state index contributed by atoms with van der Waals surface area (Å²) < 4.78 is 0. The Balaban J connectivity index is 2.18. The number of aliphatic hydroxyl groups is 1. The molecular weight excluding hydrogens is 264 g/mol. The Labute approximate surface area is 118 Å². The van der Waals surface area contributed by atoms with Crippen LogP contribution in [0.25, 0.3) is 0 Å². The van der Waals surface area contributed by atoms with Crippen molar-refractivity contribution in [2.45, 2.75) is 44.8 Å². The fourth-order valence-corrected chi connectivity index (χ4v) is 2.90. The first kappa shape index (κ1) is 14.3. The van der Waals surface area contributed by atoms with E-state index in [1.165, 1.54) is 0 Å². The van der Waals surface area contributed by atoms with E-state index in [0.29, 0.717) is 16.4 Å². The highest BCUT2D eigenvalue weighted by Gasteiger charge is 2.29. The molecule has 0 radical (unpaired) electrons. The van der Waals surface area contributed by atoms with Gasteiger partial charge in [-0.3, -0.25) is 4.79 Å². The van der Waals surface area contributed by atoms with Crippen LogP contribution >= 0.6 is 11.6 Å². The van der Waals surface area contributed by atoms with Gasteiger partial charge >= 0.3 is 0 Å². The Hall–Kier alpha value is -1.13. The number of hydrogen-bond acceptors (Lipinski definition) is 3. The molecule has 2 rings (SSSR count). The minimum absolute atomic E-state index is 0.103. The van der Waals surface area contributed by atoms with Crippen LogP contribution in [-0.4, -0.2) is 40.1 Å². The Kier molecular flexibility index (Phi) is 4.42. The van der Waals surface area contributed by atoms with E-state index in [1.807, 2.05) is 0 Å². The van der Waals surface area contributed by atoms with Crippen molar-refractivity contribution in [3.8, 4) is 0 Å². The topological polar surface area (TPSA) is 53.4 Å². The number of aryl methyl sites for hydroxylation is 1. The molecule has 1 N–H and O–H groups in total. The van der Waals surface area contributed by atoms with Crippen molar-refractivity contribution in [3.63, 3.8) is 0 Å². The van der Waals surface area contributed by atoms with Crippen LogP contribution in [0.3, 0.4) is 0 Å². The average molecular weight is 283 g/mol. The summed E-state index contributed by atoms with van der Waals surface area (Å²) in [6.45, 7) is 1.80. The van der Waals surface area contributed by atoms with Crippen LogP contribution in [0.2, 0.25) is 5.15 Å². The number of carbonyl (C=O) groups is 1. The third kappa shape index (κ3) is 3.25. The number of aliphatic hydroxyl groups excluding tert-OH is 1. The van der Waals surface area contributed by atoms with Gasteiger partial charge in [0.25, 0.3) is 5.91 Å². The molecule has 0 aromatic carbocycles. The van der Waals surface area contributed by atoms with Crippen LogP contribution in [-0.2, 0) is 0 Å². The van der Waals surface area contributed by atoms with E-state index in [9.17, 15) is 9.90 Å². The highest BCUT2D eigenvalue weighted by Crippen LogP contribution is 2.24. The fraction of sp³-hybridized carbons (Fsp3) is 0.571. The summed E-state index contributed by atoms with van der Waals surface area (Å²) in [5, 5.41) is 10.3. The summed E-state index contributed by atoms with van der Waals surface area (Å²) in [5.41, 5.74) is 1.24. The fourth-order valence-electron chi connectivity index (χ4n) is 2.65. The first-order chi connectivity index (χ1) is 8.99. The SMILES string of the molecule is Cc1cc(C(=O)N(C)C2CCCCC2O)cc(Cl)n1. The molecule has 0 spiro atoms. The third-order valence-corrected chi connectivity index (χ3v) is 3.87. The van der Waals surface area contributed by atoms with Gasteiger partial charge in [0, 0.05) is 18.3 Å². The molecule has 19 heavy (non-hydrogen) atoms. The number of hydrogen-bond donors (Lipinski definition) is 1. The second kappa shape index (κ2) is 5.88. The quantitative estimate of drug-likeness (QED) is 0.848. The molecule has 1 saturated carbocycles. The van der Waals surface area contributed by atoms with E-state index in [-0.39, 0.29) is 11.9 Å². The van der Waals surface area contributed by atoms with Crippen molar-refractivity contribution < 1.29 is 9.90 Å². The van der Waals surface area contributed by atoms with Crippen molar-refractivity contribution >= 4 is 17.5 Å². The van der Waals surface area contributed by atoms with Crippen molar-refractivity contribution in [1.29, 1.82) is 0 Å². The molecule has 0 bridgehead atoms. The lowest BCUT2D eigenvalue weighted by Crippen LogP contribution is -2.46. The molecule has 1 aliphatic rings. The van der Waals surface area contributed by atoms with E-state index in [2.05, 4.69) is 4.98 Å². The largest absolute Gasteiger partial charge is 0.391 e. The molecule has 104 valence electrons. The highest BCUT2D eigenvalue weighted by atomic mass is 35.5. The number of aromatic nitrogens is 1. The molecule has 1 fully saturated rings. The lowest BCUT2D eigenvalue weighted by atomic mass is 9.91. The van der Waals surface area contributed by atoms with Crippen LogP contribution in [0.5, 0.6) is 0 Å². The number of amides is 1. The van der Waals surface area contributed by atoms with Crippen molar-refractivity contribution in [2.75, 3.05) is 7.05 Å². The molecule has 5 heteroatoms. The van der Waals surface area contributed by atoms with Gasteiger partial charge in [-0.05, 0) is 31.9 Å². The second-order valence-electron chi connectivity index (χ2n) is 5.16. The minimum Gasteiger partial charge on any atom is -0.391 e. The number of pyridine rings is 1. The van der Waals surface area contributed by atoms with E-state index < -0.39 is 6.10 Å². The van der Waals surface area contributed by atoms with Gasteiger partial charge in [-0.25, -0.2) is 4.98 Å². The Morgan fingerprint density at radius 3 is 2.74 bits per heavy atom. The molecule has 2 unspecified atom stereocenters. The molecule has 2 atom stereocenters. The van der Waals surface area contributed by atoms with E-state index in [1.54, 1.807) is 31.0 Å². The minimum atomic E-state index is -0.430. The van der Waals surface area contributed by atoms with Crippen molar-refractivity contribution in [3.05, 3.63) is 28.5 Å². The lowest BCUT2D eigenvalue weighted by Gasteiger charge is -2.35. The van der Waals surface area contributed by atoms with E-state index in [0.717, 1.165) is 25.7 Å². The predicted octanol–water partition coefficient (Wildman–Crippen LogP) is 2.42. The van der Waals surface area contributed by atoms with Gasteiger partial charge in [0.15, 0.2) is 0 Å². The van der Waals surface area contributed by atoms with Gasteiger partial charge in [-0.2, -0.15) is 0 Å². The zero-order chi connectivity index (χ0) is 14.0.